The van der Waals surface area contributed by atoms with Gasteiger partial charge < -0.3 is 14.8 Å². The number of hydrogen-bond acceptors (Lipinski definition) is 4. The second kappa shape index (κ2) is 10.3. The quantitative estimate of drug-likeness (QED) is 0.560. The van der Waals surface area contributed by atoms with Crippen molar-refractivity contribution in [1.82, 2.24) is 5.32 Å². The Labute approximate surface area is 174 Å². The third kappa shape index (κ3) is 6.36. The summed E-state index contributed by atoms with van der Waals surface area (Å²) in [6, 6.07) is 23.5. The van der Waals surface area contributed by atoms with Crippen LogP contribution in [-0.4, -0.2) is 18.5 Å². The van der Waals surface area contributed by atoms with Crippen LogP contribution in [0.1, 0.15) is 21.5 Å². The molecule has 0 aliphatic carbocycles. The molecule has 0 radical (unpaired) electrons. The molecule has 0 saturated heterocycles. The fourth-order valence-corrected chi connectivity index (χ4v) is 2.84. The summed E-state index contributed by atoms with van der Waals surface area (Å²) >= 11 is 5.92. The predicted molar refractivity (Wildman–Crippen MR) is 111 cm³/mol. The van der Waals surface area contributed by atoms with E-state index in [1.807, 2.05) is 42.5 Å². The number of halogens is 1. The zero-order chi connectivity index (χ0) is 20.5. The molecule has 3 aromatic rings. The minimum atomic E-state index is -0.574. The first-order valence-corrected chi connectivity index (χ1v) is 9.43. The summed E-state index contributed by atoms with van der Waals surface area (Å²) in [7, 11) is 0. The predicted octanol–water partition coefficient (Wildman–Crippen LogP) is 4.39. The number of carbonyl (C=O) groups is 2. The second-order valence-electron chi connectivity index (χ2n) is 6.24. The Kier molecular flexibility index (Phi) is 7.25. The Hall–Kier alpha value is -3.31. The minimum absolute atomic E-state index is 0.219. The lowest BCUT2D eigenvalue weighted by Crippen LogP contribution is -2.28. The molecule has 0 fully saturated rings. The van der Waals surface area contributed by atoms with E-state index in [9.17, 15) is 9.59 Å². The molecular weight excluding hydrogens is 390 g/mol. The SMILES string of the molecule is O=C(COC(=O)c1ccccc1COc1ccccc1)NCc1cccc(Cl)c1. The van der Waals surface area contributed by atoms with Gasteiger partial charge in [-0.15, -0.1) is 0 Å². The summed E-state index contributed by atoms with van der Waals surface area (Å²) in [5, 5.41) is 3.29. The molecule has 3 aromatic carbocycles. The highest BCUT2D eigenvalue weighted by molar-refractivity contribution is 6.30. The average molecular weight is 410 g/mol. The van der Waals surface area contributed by atoms with Crippen molar-refractivity contribution in [1.29, 1.82) is 0 Å². The molecule has 0 unspecified atom stereocenters. The molecule has 0 bridgehead atoms. The van der Waals surface area contributed by atoms with E-state index >= 15 is 0 Å². The lowest BCUT2D eigenvalue weighted by atomic mass is 10.1. The van der Waals surface area contributed by atoms with E-state index in [4.69, 9.17) is 21.1 Å². The fourth-order valence-electron chi connectivity index (χ4n) is 2.63. The molecule has 0 heterocycles. The Morgan fingerprint density at radius 2 is 1.66 bits per heavy atom. The van der Waals surface area contributed by atoms with Crippen LogP contribution in [0, 0.1) is 0 Å². The monoisotopic (exact) mass is 409 g/mol. The van der Waals surface area contributed by atoms with Gasteiger partial charge in [-0.3, -0.25) is 4.79 Å². The summed E-state index contributed by atoms with van der Waals surface area (Å²) in [5.74, 6) is -0.262. The Morgan fingerprint density at radius 3 is 2.45 bits per heavy atom. The third-order valence-electron chi connectivity index (χ3n) is 4.09. The molecule has 1 amide bonds. The summed E-state index contributed by atoms with van der Waals surface area (Å²) in [4.78, 5) is 24.4. The standard InChI is InChI=1S/C23H20ClNO4/c24-19-9-6-7-17(13-19)14-25-22(26)16-29-23(27)21-12-5-4-8-18(21)15-28-20-10-2-1-3-11-20/h1-13H,14-16H2,(H,25,26). The van der Waals surface area contributed by atoms with Gasteiger partial charge in [0.2, 0.25) is 0 Å². The van der Waals surface area contributed by atoms with E-state index in [2.05, 4.69) is 5.32 Å². The first-order valence-electron chi connectivity index (χ1n) is 9.06. The summed E-state index contributed by atoms with van der Waals surface area (Å²) in [6.45, 7) is 0.155. The smallest absolute Gasteiger partial charge is 0.339 e. The van der Waals surface area contributed by atoms with Crippen molar-refractivity contribution >= 4 is 23.5 Å². The van der Waals surface area contributed by atoms with E-state index in [1.54, 1.807) is 36.4 Å². The number of benzene rings is 3. The molecular formula is C23H20ClNO4. The molecule has 1 N–H and O–H groups in total. The van der Waals surface area contributed by atoms with Gasteiger partial charge >= 0.3 is 5.97 Å². The molecule has 0 aliphatic rings. The first-order chi connectivity index (χ1) is 14.1. The van der Waals surface area contributed by atoms with Crippen molar-refractivity contribution in [2.45, 2.75) is 13.2 Å². The van der Waals surface area contributed by atoms with Crippen molar-refractivity contribution in [2.24, 2.45) is 0 Å². The lowest BCUT2D eigenvalue weighted by Gasteiger charge is -2.11. The molecule has 148 valence electrons. The zero-order valence-corrected chi connectivity index (χ0v) is 16.4. The van der Waals surface area contributed by atoms with Crippen molar-refractivity contribution in [3.8, 4) is 5.75 Å². The summed E-state index contributed by atoms with van der Waals surface area (Å²) in [6.07, 6.45) is 0. The van der Waals surface area contributed by atoms with Crippen molar-refractivity contribution in [3.63, 3.8) is 0 Å². The minimum Gasteiger partial charge on any atom is -0.489 e. The molecule has 0 aromatic heterocycles. The number of ether oxygens (including phenoxy) is 2. The molecule has 0 aliphatic heterocycles. The number of nitrogens with one attached hydrogen (secondary N) is 1. The highest BCUT2D eigenvalue weighted by atomic mass is 35.5. The van der Waals surface area contributed by atoms with E-state index in [0.29, 0.717) is 28.4 Å². The average Bonchev–Trinajstić information content (AvgIpc) is 2.75. The number of esters is 1. The molecule has 6 heteroatoms. The van der Waals surface area contributed by atoms with Crippen LogP contribution in [-0.2, 0) is 22.7 Å². The fraction of sp³-hybridized carbons (Fsp3) is 0.130. The van der Waals surface area contributed by atoms with Crippen LogP contribution >= 0.6 is 11.6 Å². The maximum Gasteiger partial charge on any atom is 0.339 e. The summed E-state index contributed by atoms with van der Waals surface area (Å²) < 4.78 is 10.9. The van der Waals surface area contributed by atoms with E-state index < -0.39 is 11.9 Å². The van der Waals surface area contributed by atoms with E-state index in [0.717, 1.165) is 5.56 Å². The lowest BCUT2D eigenvalue weighted by molar-refractivity contribution is -0.124. The van der Waals surface area contributed by atoms with Crippen molar-refractivity contribution in [2.75, 3.05) is 6.61 Å². The van der Waals surface area contributed by atoms with Crippen LogP contribution < -0.4 is 10.1 Å². The molecule has 29 heavy (non-hydrogen) atoms. The number of hydrogen-bond donors (Lipinski definition) is 1. The number of rotatable bonds is 8. The van der Waals surface area contributed by atoms with Crippen LogP contribution in [0.15, 0.2) is 78.9 Å². The Balaban J connectivity index is 1.51. The molecule has 0 spiro atoms. The van der Waals surface area contributed by atoms with Gasteiger partial charge in [0.1, 0.15) is 12.4 Å². The maximum atomic E-state index is 12.4. The third-order valence-corrected chi connectivity index (χ3v) is 4.32. The van der Waals surface area contributed by atoms with Gasteiger partial charge in [-0.2, -0.15) is 0 Å². The van der Waals surface area contributed by atoms with Gasteiger partial charge in [-0.25, -0.2) is 4.79 Å². The molecule has 0 atom stereocenters. The van der Waals surface area contributed by atoms with Crippen LogP contribution in [0.4, 0.5) is 0 Å². The van der Waals surface area contributed by atoms with Gasteiger partial charge in [-0.05, 0) is 35.9 Å². The van der Waals surface area contributed by atoms with Crippen LogP contribution in [0.25, 0.3) is 0 Å². The van der Waals surface area contributed by atoms with Crippen molar-refractivity contribution < 1.29 is 19.1 Å². The number of carbonyl (C=O) groups excluding carboxylic acids is 2. The zero-order valence-electron chi connectivity index (χ0n) is 15.6. The van der Waals surface area contributed by atoms with Crippen LogP contribution in [0.3, 0.4) is 0 Å². The molecule has 0 saturated carbocycles. The Bertz CT molecular complexity index is 975. The highest BCUT2D eigenvalue weighted by Gasteiger charge is 2.14. The molecule has 3 rings (SSSR count). The van der Waals surface area contributed by atoms with E-state index in [-0.39, 0.29) is 13.2 Å². The number of amides is 1. The van der Waals surface area contributed by atoms with Crippen molar-refractivity contribution in [3.05, 3.63) is 101 Å². The maximum absolute atomic E-state index is 12.4. The topological polar surface area (TPSA) is 64.6 Å². The van der Waals surface area contributed by atoms with Crippen LogP contribution in [0.2, 0.25) is 5.02 Å². The van der Waals surface area contributed by atoms with Gasteiger partial charge in [0, 0.05) is 17.1 Å². The van der Waals surface area contributed by atoms with Gasteiger partial charge in [0.25, 0.3) is 5.91 Å². The first kappa shape index (κ1) is 20.4. The van der Waals surface area contributed by atoms with Gasteiger partial charge in [0.05, 0.1) is 5.56 Å². The highest BCUT2D eigenvalue weighted by Crippen LogP contribution is 2.15. The van der Waals surface area contributed by atoms with Gasteiger partial charge in [0.15, 0.2) is 6.61 Å². The van der Waals surface area contributed by atoms with Gasteiger partial charge in [-0.1, -0.05) is 60.1 Å². The largest absolute Gasteiger partial charge is 0.489 e. The van der Waals surface area contributed by atoms with Crippen LogP contribution in [0.5, 0.6) is 5.75 Å². The Morgan fingerprint density at radius 1 is 0.897 bits per heavy atom. The molecule has 5 nitrogen and oxygen atoms in total. The summed E-state index contributed by atoms with van der Waals surface area (Å²) in [5.41, 5.74) is 1.91. The number of para-hydroxylation sites is 1. The second-order valence-corrected chi connectivity index (χ2v) is 6.68. The normalized spacial score (nSPS) is 10.2. The van der Waals surface area contributed by atoms with E-state index in [1.165, 1.54) is 0 Å².